The molecule has 2 aromatic rings. The molecule has 0 spiro atoms. The highest BCUT2D eigenvalue weighted by molar-refractivity contribution is 7.86. The summed E-state index contributed by atoms with van der Waals surface area (Å²) in [4.78, 5) is -0.370. The van der Waals surface area contributed by atoms with Crippen LogP contribution in [0, 0.1) is 0 Å². The molecule has 28 heavy (non-hydrogen) atoms. The van der Waals surface area contributed by atoms with Gasteiger partial charge in [0.2, 0.25) is 0 Å². The second-order valence-electron chi connectivity index (χ2n) is 3.53. The molecule has 0 aliphatic carbocycles. The molecule has 0 amide bonds. The zero-order chi connectivity index (χ0) is 23.2. The molecular weight excluding hydrogens is 400 g/mol. The summed E-state index contributed by atoms with van der Waals surface area (Å²) in [5.41, 5.74) is 0. The van der Waals surface area contributed by atoms with E-state index in [-0.39, 0.29) is 9.79 Å². The average Bonchev–Trinajstić information content (AvgIpc) is 2.74. The van der Waals surface area contributed by atoms with Gasteiger partial charge in [-0.05, 0) is 24.3 Å². The number of rotatable bonds is 2. The Morgan fingerprint density at radius 3 is 0.750 bits per heavy atom. The van der Waals surface area contributed by atoms with Gasteiger partial charge in [-0.2, -0.15) is 0 Å². The van der Waals surface area contributed by atoms with Crippen molar-refractivity contribution < 1.29 is 25.9 Å². The van der Waals surface area contributed by atoms with Crippen molar-refractivity contribution >= 4 is 20.2 Å². The molecule has 0 N–H and O–H groups in total. The van der Waals surface area contributed by atoms with Gasteiger partial charge in [0.25, 0.3) is 0 Å². The van der Waals surface area contributed by atoms with Crippen LogP contribution >= 0.6 is 0 Å². The van der Waals surface area contributed by atoms with Gasteiger partial charge in [-0.25, -0.2) is 16.8 Å². The van der Waals surface area contributed by atoms with Crippen LogP contribution < -0.4 is 0 Å². The monoisotopic (exact) mass is 434 g/mol. The Labute approximate surface area is 172 Å². The minimum atomic E-state index is -4.25. The molecule has 6 nitrogen and oxygen atoms in total. The second kappa shape index (κ2) is 21.6. The third-order valence-electron chi connectivity index (χ3n) is 2.06. The van der Waals surface area contributed by atoms with Gasteiger partial charge in [0.1, 0.15) is 20.2 Å². The summed E-state index contributed by atoms with van der Waals surface area (Å²) >= 11 is 0. The Balaban J connectivity index is -0.000000152. The molecular formula is C20H34O6S2-2. The van der Waals surface area contributed by atoms with Gasteiger partial charge < -0.3 is 9.11 Å². The van der Waals surface area contributed by atoms with Gasteiger partial charge in [-0.3, -0.25) is 0 Å². The van der Waals surface area contributed by atoms with E-state index in [2.05, 4.69) is 0 Å². The molecule has 0 aliphatic heterocycles. The first-order chi connectivity index (χ1) is 13.2. The molecule has 0 aliphatic rings. The summed E-state index contributed by atoms with van der Waals surface area (Å²) in [6, 6.07) is 14.4. The summed E-state index contributed by atoms with van der Waals surface area (Å²) < 4.78 is 61.7. The van der Waals surface area contributed by atoms with E-state index in [1.165, 1.54) is 48.5 Å². The van der Waals surface area contributed by atoms with Crippen molar-refractivity contribution in [3.63, 3.8) is 0 Å². The van der Waals surface area contributed by atoms with E-state index in [1.807, 2.05) is 55.4 Å². The molecule has 0 saturated heterocycles. The van der Waals surface area contributed by atoms with Gasteiger partial charge in [-0.15, -0.1) is 0 Å². The Hall–Kier alpha value is -1.74. The Bertz CT molecular complexity index is 674. The van der Waals surface area contributed by atoms with Crippen LogP contribution in [-0.2, 0) is 20.2 Å². The predicted molar refractivity (Wildman–Crippen MR) is 114 cm³/mol. The largest absolute Gasteiger partial charge is 0.744 e. The fourth-order valence-corrected chi connectivity index (χ4v) is 2.16. The zero-order valence-electron chi connectivity index (χ0n) is 18.0. The van der Waals surface area contributed by atoms with Gasteiger partial charge >= 0.3 is 0 Å². The lowest BCUT2D eigenvalue weighted by Crippen LogP contribution is -1.96. The van der Waals surface area contributed by atoms with Crippen molar-refractivity contribution in [2.24, 2.45) is 0 Å². The molecule has 8 heteroatoms. The Morgan fingerprint density at radius 1 is 0.464 bits per heavy atom. The molecule has 0 unspecified atom stereocenters. The zero-order valence-corrected chi connectivity index (χ0v) is 19.7. The minimum absolute atomic E-state index is 0.185. The third-order valence-corrected chi connectivity index (χ3v) is 3.76. The van der Waals surface area contributed by atoms with E-state index in [0.717, 1.165) is 0 Å². The van der Waals surface area contributed by atoms with Crippen LogP contribution in [0.1, 0.15) is 55.4 Å². The molecule has 0 fully saturated rings. The van der Waals surface area contributed by atoms with Crippen molar-refractivity contribution in [2.45, 2.75) is 65.2 Å². The SMILES string of the molecule is CC.CC.CC.CC.O=S(=O)([O-])c1ccccc1.O=S(=O)([O-])c1ccccc1. The topological polar surface area (TPSA) is 114 Å². The highest BCUT2D eigenvalue weighted by atomic mass is 32.2. The fourth-order valence-electron chi connectivity index (χ4n) is 1.17. The lowest BCUT2D eigenvalue weighted by atomic mass is 10.4. The van der Waals surface area contributed by atoms with Crippen molar-refractivity contribution in [1.82, 2.24) is 0 Å². The van der Waals surface area contributed by atoms with E-state index >= 15 is 0 Å². The number of hydrogen-bond donors (Lipinski definition) is 0. The van der Waals surface area contributed by atoms with Crippen LogP contribution in [0.4, 0.5) is 0 Å². The van der Waals surface area contributed by atoms with Crippen LogP contribution in [0.3, 0.4) is 0 Å². The number of hydrogen-bond acceptors (Lipinski definition) is 6. The van der Waals surface area contributed by atoms with E-state index in [9.17, 15) is 25.9 Å². The molecule has 0 heterocycles. The highest BCUT2D eigenvalue weighted by Gasteiger charge is 1.96. The summed E-state index contributed by atoms with van der Waals surface area (Å²) in [5, 5.41) is 0. The first kappa shape index (κ1) is 33.8. The maximum atomic E-state index is 10.3. The average molecular weight is 435 g/mol. The first-order valence-electron chi connectivity index (χ1n) is 9.23. The molecule has 0 aromatic heterocycles. The normalized spacial score (nSPS) is 8.93. The predicted octanol–water partition coefficient (Wildman–Crippen LogP) is 5.29. The summed E-state index contributed by atoms with van der Waals surface area (Å²) in [7, 11) is -8.51. The lowest BCUT2D eigenvalue weighted by Gasteiger charge is -2.04. The molecule has 164 valence electrons. The van der Waals surface area contributed by atoms with Gasteiger partial charge in [0.15, 0.2) is 0 Å². The van der Waals surface area contributed by atoms with Crippen LogP contribution in [0.15, 0.2) is 70.5 Å². The van der Waals surface area contributed by atoms with E-state index in [4.69, 9.17) is 0 Å². The van der Waals surface area contributed by atoms with E-state index in [0.29, 0.717) is 0 Å². The number of benzene rings is 2. The minimum Gasteiger partial charge on any atom is -0.744 e. The van der Waals surface area contributed by atoms with Gasteiger partial charge in [0, 0.05) is 0 Å². The molecule has 2 rings (SSSR count). The fraction of sp³-hybridized carbons (Fsp3) is 0.400. The molecule has 0 atom stereocenters. The molecule has 0 bridgehead atoms. The first-order valence-corrected chi connectivity index (χ1v) is 12.0. The molecule has 2 aromatic carbocycles. The van der Waals surface area contributed by atoms with Crippen molar-refractivity contribution in [2.75, 3.05) is 0 Å². The molecule has 0 saturated carbocycles. The van der Waals surface area contributed by atoms with Crippen molar-refractivity contribution in [3.8, 4) is 0 Å². The van der Waals surface area contributed by atoms with Gasteiger partial charge in [-0.1, -0.05) is 91.8 Å². The maximum Gasteiger partial charge on any atom is 0.124 e. The van der Waals surface area contributed by atoms with Crippen LogP contribution in [-0.4, -0.2) is 25.9 Å². The highest BCUT2D eigenvalue weighted by Crippen LogP contribution is 2.05. The van der Waals surface area contributed by atoms with E-state index < -0.39 is 20.2 Å². The Kier molecular flexibility index (Phi) is 26.0. The molecule has 0 radical (unpaired) electrons. The second-order valence-corrected chi connectivity index (χ2v) is 6.29. The van der Waals surface area contributed by atoms with Crippen molar-refractivity contribution in [3.05, 3.63) is 60.7 Å². The third kappa shape index (κ3) is 19.0. The van der Waals surface area contributed by atoms with Gasteiger partial charge in [0.05, 0.1) is 9.79 Å². The standard InChI is InChI=1S/2C6H6O3S.4C2H6/c2*7-10(8,9)6-4-2-1-3-5-6;4*1-2/h2*1-5H,(H,7,8,9);4*1-2H3/p-2. The smallest absolute Gasteiger partial charge is 0.124 e. The van der Waals surface area contributed by atoms with Crippen LogP contribution in [0.5, 0.6) is 0 Å². The Morgan fingerprint density at radius 2 is 0.643 bits per heavy atom. The quantitative estimate of drug-likeness (QED) is 0.593. The summed E-state index contributed by atoms with van der Waals surface area (Å²) in [6.45, 7) is 16.0. The van der Waals surface area contributed by atoms with Crippen LogP contribution in [0.2, 0.25) is 0 Å². The van der Waals surface area contributed by atoms with Crippen LogP contribution in [0.25, 0.3) is 0 Å². The summed E-state index contributed by atoms with van der Waals surface area (Å²) in [6.07, 6.45) is 0. The maximum absolute atomic E-state index is 10.3. The lowest BCUT2D eigenvalue weighted by molar-refractivity contribution is 0.461. The van der Waals surface area contributed by atoms with E-state index in [1.54, 1.807) is 12.1 Å². The summed E-state index contributed by atoms with van der Waals surface area (Å²) in [5.74, 6) is 0. The van der Waals surface area contributed by atoms with Crippen molar-refractivity contribution in [1.29, 1.82) is 0 Å².